The van der Waals surface area contributed by atoms with Crippen LogP contribution in [0, 0.1) is 19.8 Å². The smallest absolute Gasteiger partial charge is 0.234 e. The van der Waals surface area contributed by atoms with E-state index in [2.05, 4.69) is 51.6 Å². The number of nitrogens with one attached hydrogen (secondary N) is 1. The molecule has 124 valence electrons. The van der Waals surface area contributed by atoms with Gasteiger partial charge < -0.3 is 9.88 Å². The molecule has 0 saturated heterocycles. The average molecular weight is 396 g/mol. The zero-order valence-electron chi connectivity index (χ0n) is 13.9. The Bertz CT molecular complexity index is 697. The van der Waals surface area contributed by atoms with Gasteiger partial charge >= 0.3 is 0 Å². The van der Waals surface area contributed by atoms with Crippen molar-refractivity contribution in [3.05, 3.63) is 40.1 Å². The van der Waals surface area contributed by atoms with E-state index >= 15 is 0 Å². The second-order valence-electron chi connectivity index (χ2n) is 5.89. The molecule has 1 N–H and O–H groups in total. The molecule has 0 aliphatic heterocycles. The normalized spacial score (nSPS) is 11.0. The van der Waals surface area contributed by atoms with Crippen LogP contribution in [0.4, 0.5) is 5.69 Å². The summed E-state index contributed by atoms with van der Waals surface area (Å²) in [5, 5.41) is 3.83. The van der Waals surface area contributed by atoms with Crippen LogP contribution >= 0.6 is 27.7 Å². The summed E-state index contributed by atoms with van der Waals surface area (Å²) >= 11 is 4.92. The number of para-hydroxylation sites is 1. The lowest BCUT2D eigenvalue weighted by atomic mass is 10.2. The molecule has 0 atom stereocenters. The summed E-state index contributed by atoms with van der Waals surface area (Å²) in [5.41, 5.74) is 2.99. The Morgan fingerprint density at radius 2 is 2.04 bits per heavy atom. The molecule has 0 unspecified atom stereocenters. The van der Waals surface area contributed by atoms with Crippen LogP contribution in [0.15, 0.2) is 33.9 Å². The van der Waals surface area contributed by atoms with E-state index in [4.69, 9.17) is 0 Å². The highest BCUT2D eigenvalue weighted by Gasteiger charge is 2.14. The quantitative estimate of drug-likeness (QED) is 0.723. The Labute approximate surface area is 150 Å². The number of nitrogens with zero attached hydrogens (tertiary/aromatic N) is 2. The van der Waals surface area contributed by atoms with Gasteiger partial charge in [-0.25, -0.2) is 4.98 Å². The number of aromatic nitrogens is 2. The number of carbonyl (C=O) groups excluding carboxylic acids is 1. The number of halogens is 1. The van der Waals surface area contributed by atoms with Crippen LogP contribution < -0.4 is 5.32 Å². The van der Waals surface area contributed by atoms with Crippen molar-refractivity contribution in [1.82, 2.24) is 9.55 Å². The van der Waals surface area contributed by atoms with Crippen molar-refractivity contribution in [1.29, 1.82) is 0 Å². The van der Waals surface area contributed by atoms with Gasteiger partial charge in [0.2, 0.25) is 5.91 Å². The molecule has 0 radical (unpaired) electrons. The first-order valence-corrected chi connectivity index (χ1v) is 9.37. The Kier molecular flexibility index (Phi) is 6.30. The highest BCUT2D eigenvalue weighted by Crippen LogP contribution is 2.24. The number of carbonyl (C=O) groups is 1. The Hall–Kier alpha value is -1.27. The van der Waals surface area contributed by atoms with E-state index in [1.54, 1.807) is 0 Å². The van der Waals surface area contributed by atoms with Crippen LogP contribution in [-0.2, 0) is 11.3 Å². The predicted molar refractivity (Wildman–Crippen MR) is 100 cm³/mol. The van der Waals surface area contributed by atoms with Gasteiger partial charge in [-0.2, -0.15) is 0 Å². The number of benzene rings is 1. The van der Waals surface area contributed by atoms with Gasteiger partial charge in [0.15, 0.2) is 5.16 Å². The van der Waals surface area contributed by atoms with Crippen molar-refractivity contribution in [2.24, 2.45) is 5.92 Å². The van der Waals surface area contributed by atoms with Gasteiger partial charge in [-0.15, -0.1) is 0 Å². The molecule has 23 heavy (non-hydrogen) atoms. The van der Waals surface area contributed by atoms with E-state index in [0.717, 1.165) is 27.6 Å². The third-order valence-electron chi connectivity index (χ3n) is 3.45. The minimum absolute atomic E-state index is 0.0312. The maximum atomic E-state index is 12.2. The van der Waals surface area contributed by atoms with E-state index in [0.29, 0.717) is 11.7 Å². The fourth-order valence-corrected chi connectivity index (χ4v) is 3.48. The van der Waals surface area contributed by atoms with Crippen molar-refractivity contribution < 1.29 is 4.79 Å². The third kappa shape index (κ3) is 4.85. The highest BCUT2D eigenvalue weighted by atomic mass is 79.9. The van der Waals surface area contributed by atoms with Gasteiger partial charge in [-0.05, 0) is 47.8 Å². The van der Waals surface area contributed by atoms with Crippen LogP contribution in [0.25, 0.3) is 0 Å². The molecule has 0 aliphatic carbocycles. The largest absolute Gasteiger partial charge is 0.324 e. The number of thioether (sulfide) groups is 1. The molecule has 0 bridgehead atoms. The summed E-state index contributed by atoms with van der Waals surface area (Å²) in [6.07, 6.45) is 0. The zero-order valence-corrected chi connectivity index (χ0v) is 16.3. The average Bonchev–Trinajstić information content (AvgIpc) is 2.75. The lowest BCUT2D eigenvalue weighted by molar-refractivity contribution is -0.113. The number of hydrogen-bond acceptors (Lipinski definition) is 3. The van der Waals surface area contributed by atoms with Gasteiger partial charge in [-0.3, -0.25) is 4.79 Å². The van der Waals surface area contributed by atoms with Crippen LogP contribution in [-0.4, -0.2) is 21.2 Å². The maximum absolute atomic E-state index is 12.2. The molecule has 1 heterocycles. The fraction of sp³-hybridized carbons (Fsp3) is 0.412. The molecular weight excluding hydrogens is 374 g/mol. The van der Waals surface area contributed by atoms with Crippen LogP contribution in [0.5, 0.6) is 0 Å². The topological polar surface area (TPSA) is 46.9 Å². The predicted octanol–water partition coefficient (Wildman–Crippen LogP) is 4.65. The van der Waals surface area contributed by atoms with Gasteiger partial charge in [0.05, 0.1) is 17.1 Å². The van der Waals surface area contributed by atoms with E-state index < -0.39 is 0 Å². The molecule has 0 saturated carbocycles. The monoisotopic (exact) mass is 395 g/mol. The van der Waals surface area contributed by atoms with E-state index in [9.17, 15) is 4.79 Å². The van der Waals surface area contributed by atoms with E-state index in [1.807, 2.05) is 31.2 Å². The number of amides is 1. The molecule has 1 amide bonds. The molecule has 1 aromatic heterocycles. The summed E-state index contributed by atoms with van der Waals surface area (Å²) < 4.78 is 3.09. The lowest BCUT2D eigenvalue weighted by Crippen LogP contribution is -2.15. The highest BCUT2D eigenvalue weighted by molar-refractivity contribution is 9.10. The molecule has 0 fully saturated rings. The van der Waals surface area contributed by atoms with Crippen molar-refractivity contribution in [2.75, 3.05) is 11.1 Å². The minimum Gasteiger partial charge on any atom is -0.324 e. The fourth-order valence-electron chi connectivity index (χ4n) is 2.19. The standard InChI is InChI=1S/C17H22BrN3OS/c1-11(2)9-21-13(4)12(3)19-17(21)23-10-16(22)20-15-8-6-5-7-14(15)18/h5-8,11H,9-10H2,1-4H3,(H,20,22). The van der Waals surface area contributed by atoms with Gasteiger partial charge in [0, 0.05) is 16.7 Å². The summed E-state index contributed by atoms with van der Waals surface area (Å²) in [4.78, 5) is 16.8. The molecule has 2 rings (SSSR count). The molecule has 2 aromatic rings. The number of hydrogen-bond donors (Lipinski definition) is 1. The van der Waals surface area contributed by atoms with E-state index in [1.165, 1.54) is 17.5 Å². The molecule has 0 spiro atoms. The SMILES string of the molecule is Cc1nc(SCC(=O)Nc2ccccc2Br)n(CC(C)C)c1C. The lowest BCUT2D eigenvalue weighted by Gasteiger charge is -2.12. The second-order valence-corrected chi connectivity index (χ2v) is 7.68. The second kappa shape index (κ2) is 8.02. The molecule has 1 aromatic carbocycles. The molecular formula is C17H22BrN3OS. The van der Waals surface area contributed by atoms with E-state index in [-0.39, 0.29) is 5.91 Å². The van der Waals surface area contributed by atoms with Crippen molar-refractivity contribution in [3.63, 3.8) is 0 Å². The van der Waals surface area contributed by atoms with Crippen LogP contribution in [0.3, 0.4) is 0 Å². The first kappa shape index (κ1) is 18.1. The molecule has 0 aliphatic rings. The maximum Gasteiger partial charge on any atom is 0.234 e. The van der Waals surface area contributed by atoms with Crippen molar-refractivity contribution in [3.8, 4) is 0 Å². The van der Waals surface area contributed by atoms with Gasteiger partial charge in [-0.1, -0.05) is 37.7 Å². The van der Waals surface area contributed by atoms with Crippen molar-refractivity contribution in [2.45, 2.75) is 39.4 Å². The minimum atomic E-state index is -0.0312. The van der Waals surface area contributed by atoms with Crippen LogP contribution in [0.2, 0.25) is 0 Å². The first-order chi connectivity index (χ1) is 10.9. The van der Waals surface area contributed by atoms with Gasteiger partial charge in [0.25, 0.3) is 0 Å². The first-order valence-electron chi connectivity index (χ1n) is 7.59. The zero-order chi connectivity index (χ0) is 17.0. The molecule has 6 heteroatoms. The number of aryl methyl sites for hydroxylation is 1. The Morgan fingerprint density at radius 3 is 2.70 bits per heavy atom. The Morgan fingerprint density at radius 1 is 1.35 bits per heavy atom. The Balaban J connectivity index is 2.02. The number of anilines is 1. The van der Waals surface area contributed by atoms with Crippen LogP contribution in [0.1, 0.15) is 25.2 Å². The number of imidazole rings is 1. The summed E-state index contributed by atoms with van der Waals surface area (Å²) in [5.74, 6) is 0.849. The third-order valence-corrected chi connectivity index (χ3v) is 5.12. The van der Waals surface area contributed by atoms with Crippen molar-refractivity contribution >= 4 is 39.3 Å². The van der Waals surface area contributed by atoms with Gasteiger partial charge in [0.1, 0.15) is 0 Å². The summed E-state index contributed by atoms with van der Waals surface area (Å²) in [6.45, 7) is 9.37. The summed E-state index contributed by atoms with van der Waals surface area (Å²) in [7, 11) is 0. The molecule has 4 nitrogen and oxygen atoms in total. The number of rotatable bonds is 6. The summed E-state index contributed by atoms with van der Waals surface area (Å²) in [6, 6.07) is 7.60.